The van der Waals surface area contributed by atoms with Gasteiger partial charge in [-0.15, -0.1) is 0 Å². The topological polar surface area (TPSA) is 53.4 Å². The summed E-state index contributed by atoms with van der Waals surface area (Å²) in [5, 5.41) is 4.12. The van der Waals surface area contributed by atoms with Crippen LogP contribution < -0.4 is 4.74 Å². The Morgan fingerprint density at radius 3 is 2.71 bits per heavy atom. The molecule has 0 atom stereocenters. The van der Waals surface area contributed by atoms with Gasteiger partial charge in [0.2, 0.25) is 0 Å². The molecular weight excluding hydrogens is 393 g/mol. The predicted octanol–water partition coefficient (Wildman–Crippen LogP) is 3.96. The summed E-state index contributed by atoms with van der Waals surface area (Å²) >= 11 is 3.25. The van der Waals surface area contributed by atoms with Gasteiger partial charge in [0.1, 0.15) is 18.1 Å². The Kier molecular flexibility index (Phi) is 5.53. The first-order valence-corrected chi connectivity index (χ1v) is 7.72. The van der Waals surface area contributed by atoms with Gasteiger partial charge in [0.15, 0.2) is 5.69 Å². The third-order valence-electron chi connectivity index (χ3n) is 3.06. The van der Waals surface area contributed by atoms with Crippen LogP contribution >= 0.6 is 15.9 Å². The lowest BCUT2D eigenvalue weighted by Crippen LogP contribution is -2.10. The first-order chi connectivity index (χ1) is 11.2. The lowest BCUT2D eigenvalue weighted by molar-refractivity contribution is -0.137. The predicted molar refractivity (Wildman–Crippen MR) is 82.6 cm³/mol. The van der Waals surface area contributed by atoms with Crippen molar-refractivity contribution in [2.24, 2.45) is 7.05 Å². The van der Waals surface area contributed by atoms with Crippen LogP contribution in [0.2, 0.25) is 0 Å². The summed E-state index contributed by atoms with van der Waals surface area (Å²) in [4.78, 5) is 11.9. The minimum atomic E-state index is -4.44. The molecule has 0 amide bonds. The number of aromatic nitrogens is 2. The second-order valence-electron chi connectivity index (χ2n) is 4.77. The minimum Gasteiger partial charge on any atom is -0.487 e. The van der Waals surface area contributed by atoms with E-state index in [-0.39, 0.29) is 24.7 Å². The van der Waals surface area contributed by atoms with E-state index in [1.165, 1.54) is 16.8 Å². The van der Waals surface area contributed by atoms with Gasteiger partial charge in [-0.2, -0.15) is 18.3 Å². The van der Waals surface area contributed by atoms with Gasteiger partial charge in [-0.05, 0) is 41.1 Å². The number of rotatable bonds is 5. The van der Waals surface area contributed by atoms with Crippen molar-refractivity contribution in [3.63, 3.8) is 0 Å². The van der Waals surface area contributed by atoms with E-state index in [1.54, 1.807) is 14.0 Å². The quantitative estimate of drug-likeness (QED) is 0.705. The van der Waals surface area contributed by atoms with E-state index in [0.717, 1.165) is 12.1 Å². The number of carbonyl (C=O) groups is 1. The molecular formula is C15H14BrF3N2O3. The van der Waals surface area contributed by atoms with Crippen molar-refractivity contribution < 1.29 is 27.4 Å². The number of carbonyl (C=O) groups excluding carboxylic acids is 1. The fraction of sp³-hybridized carbons (Fsp3) is 0.333. The molecule has 0 aliphatic heterocycles. The fourth-order valence-corrected chi connectivity index (χ4v) is 2.59. The molecule has 9 heteroatoms. The van der Waals surface area contributed by atoms with E-state index in [0.29, 0.717) is 10.2 Å². The largest absolute Gasteiger partial charge is 0.487 e. The molecule has 24 heavy (non-hydrogen) atoms. The zero-order chi connectivity index (χ0) is 17.9. The Morgan fingerprint density at radius 2 is 2.08 bits per heavy atom. The molecule has 0 aliphatic carbocycles. The molecule has 1 aromatic carbocycles. The van der Waals surface area contributed by atoms with Gasteiger partial charge < -0.3 is 9.47 Å². The Morgan fingerprint density at radius 1 is 1.38 bits per heavy atom. The second-order valence-corrected chi connectivity index (χ2v) is 5.56. The van der Waals surface area contributed by atoms with Gasteiger partial charge in [-0.25, -0.2) is 4.79 Å². The Labute approximate surface area is 144 Å². The zero-order valence-corrected chi connectivity index (χ0v) is 14.4. The molecule has 0 fully saturated rings. The summed E-state index contributed by atoms with van der Waals surface area (Å²) in [6.45, 7) is 1.79. The number of benzene rings is 1. The van der Waals surface area contributed by atoms with Crippen LogP contribution in [0.3, 0.4) is 0 Å². The molecule has 0 saturated heterocycles. The van der Waals surface area contributed by atoms with Crippen LogP contribution in [-0.4, -0.2) is 22.4 Å². The van der Waals surface area contributed by atoms with Crippen LogP contribution in [0.4, 0.5) is 13.2 Å². The van der Waals surface area contributed by atoms with Crippen molar-refractivity contribution >= 4 is 21.9 Å². The van der Waals surface area contributed by atoms with Crippen LogP contribution in [0.15, 0.2) is 28.7 Å². The number of aryl methyl sites for hydroxylation is 1. The third-order valence-corrected chi connectivity index (χ3v) is 3.89. The lowest BCUT2D eigenvalue weighted by atomic mass is 10.2. The van der Waals surface area contributed by atoms with Gasteiger partial charge in [0.05, 0.1) is 16.6 Å². The summed E-state index contributed by atoms with van der Waals surface area (Å²) in [5.41, 5.74) is -0.218. The van der Waals surface area contributed by atoms with Crippen molar-refractivity contribution in [1.82, 2.24) is 9.78 Å². The zero-order valence-electron chi connectivity index (χ0n) is 12.9. The molecule has 0 aliphatic rings. The fourth-order valence-electron chi connectivity index (χ4n) is 1.98. The molecule has 5 nitrogen and oxygen atoms in total. The van der Waals surface area contributed by atoms with Crippen molar-refractivity contribution in [2.75, 3.05) is 6.61 Å². The highest BCUT2D eigenvalue weighted by Gasteiger charge is 2.30. The number of esters is 1. The molecule has 130 valence electrons. The molecule has 0 saturated carbocycles. The van der Waals surface area contributed by atoms with Crippen LogP contribution in [-0.2, 0) is 24.6 Å². The Balaban J connectivity index is 2.16. The van der Waals surface area contributed by atoms with E-state index in [4.69, 9.17) is 9.47 Å². The first kappa shape index (κ1) is 18.3. The van der Waals surface area contributed by atoms with Gasteiger partial charge in [0, 0.05) is 7.05 Å². The van der Waals surface area contributed by atoms with E-state index in [2.05, 4.69) is 21.0 Å². The Hall–Kier alpha value is -2.03. The number of halogens is 4. The van der Waals surface area contributed by atoms with E-state index in [1.807, 2.05) is 0 Å². The molecule has 0 spiro atoms. The lowest BCUT2D eigenvalue weighted by Gasteiger charge is -2.09. The summed E-state index contributed by atoms with van der Waals surface area (Å²) in [5.74, 6) is -0.496. The number of alkyl halides is 3. The number of hydrogen-bond acceptors (Lipinski definition) is 4. The van der Waals surface area contributed by atoms with Gasteiger partial charge in [-0.1, -0.05) is 6.07 Å². The van der Waals surface area contributed by atoms with E-state index < -0.39 is 17.7 Å². The number of ether oxygens (including phenoxy) is 2. The van der Waals surface area contributed by atoms with E-state index in [9.17, 15) is 18.0 Å². The molecule has 1 aromatic heterocycles. The van der Waals surface area contributed by atoms with Crippen molar-refractivity contribution in [3.8, 4) is 5.75 Å². The molecule has 0 bridgehead atoms. The maximum absolute atomic E-state index is 12.7. The molecule has 2 rings (SSSR count). The third kappa shape index (κ3) is 4.08. The maximum Gasteiger partial charge on any atom is 0.416 e. The summed E-state index contributed by atoms with van der Waals surface area (Å²) in [7, 11) is 1.56. The van der Waals surface area contributed by atoms with Gasteiger partial charge in [0.25, 0.3) is 0 Å². The van der Waals surface area contributed by atoms with Crippen molar-refractivity contribution in [2.45, 2.75) is 19.7 Å². The number of nitrogens with zero attached hydrogens (tertiary/aromatic N) is 2. The minimum absolute atomic E-state index is 0.0556. The normalized spacial score (nSPS) is 11.4. The smallest absolute Gasteiger partial charge is 0.416 e. The van der Waals surface area contributed by atoms with Crippen LogP contribution in [0.1, 0.15) is 28.7 Å². The van der Waals surface area contributed by atoms with Gasteiger partial charge >= 0.3 is 12.1 Å². The van der Waals surface area contributed by atoms with Gasteiger partial charge in [-0.3, -0.25) is 4.68 Å². The molecule has 1 heterocycles. The Bertz CT molecular complexity index is 744. The van der Waals surface area contributed by atoms with Crippen molar-refractivity contribution in [1.29, 1.82) is 0 Å². The maximum atomic E-state index is 12.7. The average molecular weight is 407 g/mol. The SMILES string of the molecule is CCOC(=O)c1c(Br)c(COc2cccc(C(F)(F)F)c2)nn1C. The van der Waals surface area contributed by atoms with Crippen molar-refractivity contribution in [3.05, 3.63) is 45.7 Å². The van der Waals surface area contributed by atoms with Crippen LogP contribution in [0, 0.1) is 0 Å². The summed E-state index contributed by atoms with van der Waals surface area (Å²) in [6, 6.07) is 4.54. The molecule has 0 unspecified atom stereocenters. The highest BCUT2D eigenvalue weighted by atomic mass is 79.9. The van der Waals surface area contributed by atoms with Crippen LogP contribution in [0.25, 0.3) is 0 Å². The standard InChI is InChI=1S/C15H14BrF3N2O3/c1-3-23-14(22)13-12(16)11(20-21(13)2)8-24-10-6-4-5-9(7-10)15(17,18)19/h4-7H,3,8H2,1-2H3. The highest BCUT2D eigenvalue weighted by molar-refractivity contribution is 9.10. The average Bonchev–Trinajstić information content (AvgIpc) is 2.79. The molecule has 0 radical (unpaired) electrons. The van der Waals surface area contributed by atoms with E-state index >= 15 is 0 Å². The second kappa shape index (κ2) is 7.25. The summed E-state index contributed by atoms with van der Waals surface area (Å²) < 4.78 is 50.0. The van der Waals surface area contributed by atoms with Crippen LogP contribution in [0.5, 0.6) is 5.75 Å². The monoisotopic (exact) mass is 406 g/mol. The first-order valence-electron chi connectivity index (χ1n) is 6.92. The molecule has 2 aromatic rings. The highest BCUT2D eigenvalue weighted by Crippen LogP contribution is 2.31. The summed E-state index contributed by atoms with van der Waals surface area (Å²) in [6.07, 6.45) is -4.44. The number of hydrogen-bond donors (Lipinski definition) is 0. The molecule has 0 N–H and O–H groups in total.